The molecule has 2 atom stereocenters. The number of primary amides is 1. The van der Waals surface area contributed by atoms with Gasteiger partial charge in [-0.1, -0.05) is 19.8 Å². The number of hydrogen-bond donors (Lipinski definition) is 2. The highest BCUT2D eigenvalue weighted by Crippen LogP contribution is 2.29. The average Bonchev–Trinajstić information content (AvgIpc) is 1.86. The predicted octanol–water partition coefficient (Wildman–Crippen LogP) is 0.379. The molecule has 0 radical (unpaired) electrons. The van der Waals surface area contributed by atoms with Crippen molar-refractivity contribution in [1.82, 2.24) is 0 Å². The Morgan fingerprint density at radius 3 is 2.64 bits per heavy atom. The fourth-order valence-corrected chi connectivity index (χ4v) is 1.82. The van der Waals surface area contributed by atoms with E-state index in [-0.39, 0.29) is 5.91 Å². The van der Waals surface area contributed by atoms with E-state index in [9.17, 15) is 4.79 Å². The third kappa shape index (κ3) is 1.71. The van der Waals surface area contributed by atoms with E-state index in [0.29, 0.717) is 5.92 Å². The fourth-order valence-electron chi connectivity index (χ4n) is 1.82. The Kier molecular flexibility index (Phi) is 2.18. The molecule has 1 saturated carbocycles. The number of rotatable bonds is 1. The fraction of sp³-hybridized carbons (Fsp3) is 0.875. The highest BCUT2D eigenvalue weighted by atomic mass is 16.1. The second-order valence-corrected chi connectivity index (χ2v) is 3.72. The summed E-state index contributed by atoms with van der Waals surface area (Å²) in [4.78, 5) is 10.9. The Morgan fingerprint density at radius 2 is 2.27 bits per heavy atom. The highest BCUT2D eigenvalue weighted by Gasteiger charge is 2.35. The number of nitrogens with two attached hydrogens (primary N) is 2. The zero-order valence-electron chi connectivity index (χ0n) is 6.97. The summed E-state index contributed by atoms with van der Waals surface area (Å²) in [5, 5.41) is 0. The van der Waals surface area contributed by atoms with E-state index in [2.05, 4.69) is 6.92 Å². The lowest BCUT2D eigenvalue weighted by atomic mass is 9.77. The van der Waals surface area contributed by atoms with E-state index in [1.807, 2.05) is 0 Å². The minimum absolute atomic E-state index is 0.343. The van der Waals surface area contributed by atoms with Crippen molar-refractivity contribution in [3.8, 4) is 0 Å². The Labute approximate surface area is 67.1 Å². The highest BCUT2D eigenvalue weighted by molar-refractivity contribution is 5.84. The van der Waals surface area contributed by atoms with E-state index in [4.69, 9.17) is 11.5 Å². The Hall–Kier alpha value is -0.570. The lowest BCUT2D eigenvalue weighted by Crippen LogP contribution is -2.54. The van der Waals surface area contributed by atoms with Crippen LogP contribution in [-0.4, -0.2) is 11.4 Å². The third-order valence-electron chi connectivity index (χ3n) is 2.52. The van der Waals surface area contributed by atoms with Crippen molar-refractivity contribution in [3.05, 3.63) is 0 Å². The number of hydrogen-bond acceptors (Lipinski definition) is 2. The zero-order chi connectivity index (χ0) is 8.48. The summed E-state index contributed by atoms with van der Waals surface area (Å²) in [5.74, 6) is 0.199. The van der Waals surface area contributed by atoms with Crippen molar-refractivity contribution in [2.45, 2.75) is 38.1 Å². The smallest absolute Gasteiger partial charge is 0.237 e. The van der Waals surface area contributed by atoms with E-state index in [0.717, 1.165) is 19.3 Å². The average molecular weight is 156 g/mol. The molecule has 64 valence electrons. The molecule has 0 bridgehead atoms. The minimum atomic E-state index is -0.711. The van der Waals surface area contributed by atoms with Crippen molar-refractivity contribution >= 4 is 5.91 Å². The molecule has 0 aliphatic heterocycles. The Bertz CT molecular complexity index is 169. The first kappa shape index (κ1) is 8.53. The molecular formula is C8H16N2O. The SMILES string of the molecule is C[C@H]1CCC[C@@](N)(C(N)=O)C1. The standard InChI is InChI=1S/C8H16N2O/c1-6-3-2-4-8(10,5-6)7(9)11/h6H,2-5,10H2,1H3,(H2,9,11)/t6-,8-/m0/s1. The maximum Gasteiger partial charge on any atom is 0.237 e. The van der Waals surface area contributed by atoms with Gasteiger partial charge in [-0.3, -0.25) is 4.79 Å². The topological polar surface area (TPSA) is 69.1 Å². The van der Waals surface area contributed by atoms with Crippen LogP contribution < -0.4 is 11.5 Å². The van der Waals surface area contributed by atoms with Gasteiger partial charge in [-0.15, -0.1) is 0 Å². The van der Waals surface area contributed by atoms with Gasteiger partial charge < -0.3 is 11.5 Å². The Morgan fingerprint density at radius 1 is 1.64 bits per heavy atom. The van der Waals surface area contributed by atoms with Crippen LogP contribution in [0.2, 0.25) is 0 Å². The predicted molar refractivity (Wildman–Crippen MR) is 43.7 cm³/mol. The maximum atomic E-state index is 10.9. The van der Waals surface area contributed by atoms with Gasteiger partial charge in [-0.2, -0.15) is 0 Å². The molecule has 0 aromatic heterocycles. The van der Waals surface area contributed by atoms with E-state index in [1.54, 1.807) is 0 Å². The molecule has 1 fully saturated rings. The first-order chi connectivity index (χ1) is 5.04. The van der Waals surface area contributed by atoms with Crippen molar-refractivity contribution in [2.24, 2.45) is 17.4 Å². The van der Waals surface area contributed by atoms with Crippen LogP contribution in [0.25, 0.3) is 0 Å². The van der Waals surface area contributed by atoms with Gasteiger partial charge in [0, 0.05) is 0 Å². The van der Waals surface area contributed by atoms with Gasteiger partial charge >= 0.3 is 0 Å². The minimum Gasteiger partial charge on any atom is -0.368 e. The second kappa shape index (κ2) is 2.81. The quantitative estimate of drug-likeness (QED) is 0.576. The molecular weight excluding hydrogens is 140 g/mol. The van der Waals surface area contributed by atoms with E-state index in [1.165, 1.54) is 6.42 Å². The lowest BCUT2D eigenvalue weighted by molar-refractivity contribution is -0.124. The van der Waals surface area contributed by atoms with Crippen LogP contribution in [0.15, 0.2) is 0 Å². The summed E-state index contributed by atoms with van der Waals surface area (Å²) >= 11 is 0. The van der Waals surface area contributed by atoms with Crippen LogP contribution in [0.4, 0.5) is 0 Å². The van der Waals surface area contributed by atoms with Crippen molar-refractivity contribution < 1.29 is 4.79 Å². The van der Waals surface area contributed by atoms with Crippen molar-refractivity contribution in [1.29, 1.82) is 0 Å². The molecule has 0 spiro atoms. The molecule has 3 nitrogen and oxygen atoms in total. The second-order valence-electron chi connectivity index (χ2n) is 3.72. The first-order valence-electron chi connectivity index (χ1n) is 4.13. The van der Waals surface area contributed by atoms with Crippen molar-refractivity contribution in [3.63, 3.8) is 0 Å². The normalized spacial score (nSPS) is 38.5. The number of amides is 1. The van der Waals surface area contributed by atoms with Crippen LogP contribution in [0.3, 0.4) is 0 Å². The summed E-state index contributed by atoms with van der Waals surface area (Å²) in [6.07, 6.45) is 3.71. The molecule has 1 amide bonds. The molecule has 1 rings (SSSR count). The maximum absolute atomic E-state index is 10.9. The van der Waals surface area contributed by atoms with Crippen LogP contribution in [0.1, 0.15) is 32.6 Å². The van der Waals surface area contributed by atoms with Gasteiger partial charge in [0.05, 0.1) is 5.54 Å². The number of carbonyl (C=O) groups is 1. The summed E-state index contributed by atoms with van der Waals surface area (Å²) in [7, 11) is 0. The van der Waals surface area contributed by atoms with Crippen LogP contribution in [0, 0.1) is 5.92 Å². The molecule has 1 aliphatic carbocycles. The molecule has 0 heterocycles. The van der Waals surface area contributed by atoms with Gasteiger partial charge in [0.2, 0.25) is 5.91 Å². The molecule has 1 aliphatic rings. The first-order valence-corrected chi connectivity index (χ1v) is 4.13. The van der Waals surface area contributed by atoms with Crippen LogP contribution in [0.5, 0.6) is 0 Å². The van der Waals surface area contributed by atoms with Gasteiger partial charge in [0.15, 0.2) is 0 Å². The van der Waals surface area contributed by atoms with Gasteiger partial charge in [0.1, 0.15) is 0 Å². The van der Waals surface area contributed by atoms with Crippen LogP contribution in [-0.2, 0) is 4.79 Å². The molecule has 0 unspecified atom stereocenters. The van der Waals surface area contributed by atoms with Crippen LogP contribution >= 0.6 is 0 Å². The van der Waals surface area contributed by atoms with Gasteiger partial charge in [-0.05, 0) is 18.8 Å². The number of carbonyl (C=O) groups excluding carboxylic acids is 1. The molecule has 0 saturated heterocycles. The van der Waals surface area contributed by atoms with E-state index < -0.39 is 5.54 Å². The molecule has 0 aromatic carbocycles. The summed E-state index contributed by atoms with van der Waals surface area (Å²) in [6.45, 7) is 2.11. The largest absolute Gasteiger partial charge is 0.368 e. The lowest BCUT2D eigenvalue weighted by Gasteiger charge is -2.33. The third-order valence-corrected chi connectivity index (χ3v) is 2.52. The van der Waals surface area contributed by atoms with E-state index >= 15 is 0 Å². The molecule has 4 N–H and O–H groups in total. The zero-order valence-corrected chi connectivity index (χ0v) is 6.97. The molecule has 3 heteroatoms. The van der Waals surface area contributed by atoms with Crippen molar-refractivity contribution in [2.75, 3.05) is 0 Å². The molecule has 0 aromatic rings. The monoisotopic (exact) mass is 156 g/mol. The summed E-state index contributed by atoms with van der Waals surface area (Å²) in [5.41, 5.74) is 10.3. The summed E-state index contributed by atoms with van der Waals surface area (Å²) in [6, 6.07) is 0. The summed E-state index contributed by atoms with van der Waals surface area (Å²) < 4.78 is 0. The van der Waals surface area contributed by atoms with Gasteiger partial charge in [0.25, 0.3) is 0 Å². The Balaban J connectivity index is 2.63. The molecule has 11 heavy (non-hydrogen) atoms. The van der Waals surface area contributed by atoms with Gasteiger partial charge in [-0.25, -0.2) is 0 Å².